The fraction of sp³-hybridized carbons (Fsp3) is 0.750. The zero-order chi connectivity index (χ0) is 9.59. The Kier molecular flexibility index (Phi) is 1.68. The summed E-state index contributed by atoms with van der Waals surface area (Å²) in [6.07, 6.45) is 0.452. The monoisotopic (exact) mass is 185 g/mol. The summed E-state index contributed by atoms with van der Waals surface area (Å²) in [5.41, 5.74) is 0. The summed E-state index contributed by atoms with van der Waals surface area (Å²) < 4.78 is 4.74. The third-order valence-electron chi connectivity index (χ3n) is 2.50. The molecule has 1 saturated carbocycles. The van der Waals surface area contributed by atoms with Crippen molar-refractivity contribution in [3.8, 4) is 0 Å². The van der Waals surface area contributed by atoms with Gasteiger partial charge in [0.05, 0.1) is 6.04 Å². The van der Waals surface area contributed by atoms with Crippen LogP contribution in [0.25, 0.3) is 0 Å². The number of amides is 1. The van der Waals surface area contributed by atoms with Crippen molar-refractivity contribution < 1.29 is 19.4 Å². The largest absolute Gasteiger partial charge is 0.478 e. The van der Waals surface area contributed by atoms with E-state index in [1.165, 1.54) is 0 Å². The van der Waals surface area contributed by atoms with Crippen LogP contribution >= 0.6 is 0 Å². The third-order valence-corrected chi connectivity index (χ3v) is 2.50. The number of carbonyl (C=O) groups is 2. The number of cyclic esters (lactones) is 1. The number of ether oxygens (including phenoxy) is 1. The molecular formula is C8H11NO4. The first-order valence-corrected chi connectivity index (χ1v) is 4.33. The van der Waals surface area contributed by atoms with Crippen molar-refractivity contribution in [2.45, 2.75) is 38.0 Å². The van der Waals surface area contributed by atoms with Gasteiger partial charge in [-0.05, 0) is 19.8 Å². The van der Waals surface area contributed by atoms with E-state index in [1.54, 1.807) is 11.8 Å². The van der Waals surface area contributed by atoms with Gasteiger partial charge in [-0.1, -0.05) is 0 Å². The number of carbonyl (C=O) groups excluding carboxylic acids is 1. The molecule has 2 atom stereocenters. The maximum atomic E-state index is 11.2. The van der Waals surface area contributed by atoms with Gasteiger partial charge in [0.1, 0.15) is 0 Å². The standard InChI is InChI=1S/C8H11NO4/c1-4-6(7(10)11)13-8(12)9(4)5-2-3-5/h4-6H,2-3H2,1H3,(H,10,11). The molecule has 2 fully saturated rings. The zero-order valence-corrected chi connectivity index (χ0v) is 7.27. The van der Waals surface area contributed by atoms with Gasteiger partial charge in [0, 0.05) is 6.04 Å². The summed E-state index contributed by atoms with van der Waals surface area (Å²) in [6.45, 7) is 1.71. The van der Waals surface area contributed by atoms with E-state index in [-0.39, 0.29) is 12.1 Å². The van der Waals surface area contributed by atoms with E-state index >= 15 is 0 Å². The first-order chi connectivity index (χ1) is 6.11. The van der Waals surface area contributed by atoms with Gasteiger partial charge in [-0.3, -0.25) is 4.90 Å². The SMILES string of the molecule is CC1C(C(=O)O)OC(=O)N1C1CC1. The normalized spacial score (nSPS) is 33.3. The summed E-state index contributed by atoms with van der Waals surface area (Å²) in [5, 5.41) is 8.72. The van der Waals surface area contributed by atoms with E-state index in [4.69, 9.17) is 9.84 Å². The average molecular weight is 185 g/mol. The Morgan fingerprint density at radius 1 is 1.62 bits per heavy atom. The molecular weight excluding hydrogens is 174 g/mol. The Bertz CT molecular complexity index is 261. The van der Waals surface area contributed by atoms with E-state index in [0.717, 1.165) is 12.8 Å². The Morgan fingerprint density at radius 2 is 2.23 bits per heavy atom. The lowest BCUT2D eigenvalue weighted by Gasteiger charge is -2.17. The lowest BCUT2D eigenvalue weighted by atomic mass is 10.2. The van der Waals surface area contributed by atoms with Crippen LogP contribution in [-0.4, -0.2) is 40.3 Å². The molecule has 1 heterocycles. The van der Waals surface area contributed by atoms with Crippen molar-refractivity contribution in [1.29, 1.82) is 0 Å². The molecule has 1 aliphatic carbocycles. The van der Waals surface area contributed by atoms with Gasteiger partial charge in [0.2, 0.25) is 6.10 Å². The van der Waals surface area contributed by atoms with Crippen LogP contribution in [0, 0.1) is 0 Å². The molecule has 0 bridgehead atoms. The average Bonchev–Trinajstić information content (AvgIpc) is 2.80. The molecule has 13 heavy (non-hydrogen) atoms. The maximum Gasteiger partial charge on any atom is 0.411 e. The van der Waals surface area contributed by atoms with E-state index < -0.39 is 18.2 Å². The zero-order valence-electron chi connectivity index (χ0n) is 7.27. The van der Waals surface area contributed by atoms with Crippen LogP contribution < -0.4 is 0 Å². The second kappa shape index (κ2) is 2.61. The summed E-state index contributed by atoms with van der Waals surface area (Å²) in [6, 6.07) is -0.121. The van der Waals surface area contributed by atoms with Crippen LogP contribution in [0.3, 0.4) is 0 Å². The first-order valence-electron chi connectivity index (χ1n) is 4.33. The highest BCUT2D eigenvalue weighted by atomic mass is 16.6. The molecule has 72 valence electrons. The minimum atomic E-state index is -1.07. The highest BCUT2D eigenvalue weighted by Gasteiger charge is 2.49. The number of hydrogen-bond donors (Lipinski definition) is 1. The van der Waals surface area contributed by atoms with E-state index in [2.05, 4.69) is 0 Å². The van der Waals surface area contributed by atoms with Crippen LogP contribution in [0.2, 0.25) is 0 Å². The van der Waals surface area contributed by atoms with Gasteiger partial charge in [-0.2, -0.15) is 0 Å². The predicted octanol–water partition coefficient (Wildman–Crippen LogP) is 0.443. The highest BCUT2D eigenvalue weighted by molar-refractivity contribution is 5.82. The molecule has 0 spiro atoms. The van der Waals surface area contributed by atoms with Crippen molar-refractivity contribution in [3.63, 3.8) is 0 Å². The quantitative estimate of drug-likeness (QED) is 0.678. The minimum absolute atomic E-state index is 0.215. The number of aliphatic carboxylic acids is 1. The molecule has 5 heteroatoms. The summed E-state index contributed by atoms with van der Waals surface area (Å²) in [7, 11) is 0. The Balaban J connectivity index is 2.13. The van der Waals surface area contributed by atoms with Crippen LogP contribution in [0.4, 0.5) is 4.79 Å². The third kappa shape index (κ3) is 1.24. The fourth-order valence-electron chi connectivity index (χ4n) is 1.67. The van der Waals surface area contributed by atoms with Gasteiger partial charge < -0.3 is 9.84 Å². The van der Waals surface area contributed by atoms with Crippen LogP contribution in [0.1, 0.15) is 19.8 Å². The van der Waals surface area contributed by atoms with Gasteiger partial charge >= 0.3 is 12.1 Å². The number of nitrogens with zero attached hydrogens (tertiary/aromatic N) is 1. The van der Waals surface area contributed by atoms with Gasteiger partial charge in [0.25, 0.3) is 0 Å². The minimum Gasteiger partial charge on any atom is -0.478 e. The highest BCUT2D eigenvalue weighted by Crippen LogP contribution is 2.34. The second-order valence-electron chi connectivity index (χ2n) is 3.52. The van der Waals surface area contributed by atoms with Crippen molar-refractivity contribution in [2.24, 2.45) is 0 Å². The van der Waals surface area contributed by atoms with Crippen LogP contribution in [-0.2, 0) is 9.53 Å². The number of carboxylic acid groups (broad SMARTS) is 1. The molecule has 1 saturated heterocycles. The van der Waals surface area contributed by atoms with Gasteiger partial charge in [0.15, 0.2) is 0 Å². The molecule has 0 aromatic rings. The molecule has 0 aromatic carbocycles. The molecule has 2 rings (SSSR count). The van der Waals surface area contributed by atoms with E-state index in [0.29, 0.717) is 0 Å². The van der Waals surface area contributed by atoms with Crippen molar-refractivity contribution in [3.05, 3.63) is 0 Å². The van der Waals surface area contributed by atoms with Crippen molar-refractivity contribution in [1.82, 2.24) is 4.90 Å². The molecule has 0 aromatic heterocycles. The summed E-state index contributed by atoms with van der Waals surface area (Å²) in [5.74, 6) is -1.07. The molecule has 2 unspecified atom stereocenters. The Morgan fingerprint density at radius 3 is 2.62 bits per heavy atom. The predicted molar refractivity (Wildman–Crippen MR) is 42.2 cm³/mol. The number of hydrogen-bond acceptors (Lipinski definition) is 3. The Hall–Kier alpha value is -1.26. The lowest BCUT2D eigenvalue weighted by Crippen LogP contribution is -2.38. The molecule has 2 aliphatic rings. The number of carboxylic acids is 1. The lowest BCUT2D eigenvalue weighted by molar-refractivity contribution is -0.145. The smallest absolute Gasteiger partial charge is 0.411 e. The molecule has 5 nitrogen and oxygen atoms in total. The molecule has 1 aliphatic heterocycles. The molecule has 1 N–H and O–H groups in total. The topological polar surface area (TPSA) is 66.8 Å². The van der Waals surface area contributed by atoms with E-state index in [1.807, 2.05) is 0 Å². The van der Waals surface area contributed by atoms with Crippen LogP contribution in [0.5, 0.6) is 0 Å². The van der Waals surface area contributed by atoms with Gasteiger partial charge in [-0.25, -0.2) is 9.59 Å². The van der Waals surface area contributed by atoms with Gasteiger partial charge in [-0.15, -0.1) is 0 Å². The molecule has 1 amide bonds. The fourth-order valence-corrected chi connectivity index (χ4v) is 1.67. The van der Waals surface area contributed by atoms with Crippen molar-refractivity contribution in [2.75, 3.05) is 0 Å². The molecule has 0 radical (unpaired) electrons. The van der Waals surface area contributed by atoms with Crippen LogP contribution in [0.15, 0.2) is 0 Å². The Labute approximate surface area is 75.3 Å². The maximum absolute atomic E-state index is 11.2. The first kappa shape index (κ1) is 8.34. The van der Waals surface area contributed by atoms with Crippen molar-refractivity contribution >= 4 is 12.1 Å². The summed E-state index contributed by atoms with van der Waals surface area (Å²) >= 11 is 0. The summed E-state index contributed by atoms with van der Waals surface area (Å²) in [4.78, 5) is 23.4. The number of rotatable bonds is 2. The second-order valence-corrected chi connectivity index (χ2v) is 3.52. The van der Waals surface area contributed by atoms with E-state index in [9.17, 15) is 9.59 Å².